The van der Waals surface area contributed by atoms with E-state index in [1.807, 2.05) is 25.1 Å². The molecule has 5 nitrogen and oxygen atoms in total. The highest BCUT2D eigenvalue weighted by Crippen LogP contribution is 2.30. The summed E-state index contributed by atoms with van der Waals surface area (Å²) in [5.41, 5.74) is 3.30. The number of anilines is 2. The summed E-state index contributed by atoms with van der Waals surface area (Å²) in [7, 11) is 1.70. The molecule has 2 rings (SSSR count). The third-order valence-electron chi connectivity index (χ3n) is 4.25. The lowest BCUT2D eigenvalue weighted by atomic mass is 9.98. The summed E-state index contributed by atoms with van der Waals surface area (Å²) < 4.78 is 0. The van der Waals surface area contributed by atoms with Crippen LogP contribution >= 0.6 is 23.2 Å². The topological polar surface area (TPSA) is 61.4 Å². The summed E-state index contributed by atoms with van der Waals surface area (Å²) in [5, 5.41) is 6.39. The van der Waals surface area contributed by atoms with Crippen LogP contribution in [0.2, 0.25) is 10.0 Å². The summed E-state index contributed by atoms with van der Waals surface area (Å²) in [4.78, 5) is 26.4. The summed E-state index contributed by atoms with van der Waals surface area (Å²) in [6, 6.07) is 11.0. The largest absolute Gasteiger partial charge is 0.324 e. The number of carbonyl (C=O) groups excluding carboxylic acids is 2. The maximum absolute atomic E-state index is 12.5. The van der Waals surface area contributed by atoms with Crippen molar-refractivity contribution < 1.29 is 9.59 Å². The van der Waals surface area contributed by atoms with E-state index in [1.165, 1.54) is 0 Å². The molecule has 2 aromatic carbocycles. The maximum atomic E-state index is 12.5. The smallest absolute Gasteiger partial charge is 0.238 e. The highest BCUT2D eigenvalue weighted by molar-refractivity contribution is 6.39. The van der Waals surface area contributed by atoms with Crippen LogP contribution in [-0.4, -0.2) is 36.9 Å². The minimum atomic E-state index is -0.302. The normalized spacial score (nSPS) is 11.0. The van der Waals surface area contributed by atoms with Crippen LogP contribution in [0.4, 0.5) is 11.4 Å². The monoisotopic (exact) mass is 421 g/mol. The molecule has 0 bridgehead atoms. The van der Waals surface area contributed by atoms with E-state index in [1.54, 1.807) is 30.1 Å². The maximum Gasteiger partial charge on any atom is 0.238 e. The van der Waals surface area contributed by atoms with Gasteiger partial charge in [-0.1, -0.05) is 61.3 Å². The number of para-hydroxylation sites is 2. The van der Waals surface area contributed by atoms with Crippen LogP contribution in [0.1, 0.15) is 30.9 Å². The summed E-state index contributed by atoms with van der Waals surface area (Å²) in [6.07, 6.45) is 0. The Hall–Kier alpha value is -2.08. The molecular formula is C21H25Cl2N3O2. The van der Waals surface area contributed by atoms with Gasteiger partial charge in [-0.3, -0.25) is 14.5 Å². The van der Waals surface area contributed by atoms with Crippen molar-refractivity contribution in [3.05, 3.63) is 57.6 Å². The van der Waals surface area contributed by atoms with Crippen molar-refractivity contribution in [3.8, 4) is 0 Å². The molecule has 0 radical (unpaired) electrons. The fraction of sp³-hybridized carbons (Fsp3) is 0.333. The van der Waals surface area contributed by atoms with Gasteiger partial charge < -0.3 is 10.6 Å². The van der Waals surface area contributed by atoms with Gasteiger partial charge in [0.25, 0.3) is 0 Å². The molecule has 0 aromatic heterocycles. The van der Waals surface area contributed by atoms with Gasteiger partial charge in [-0.05, 0) is 43.1 Å². The van der Waals surface area contributed by atoms with Crippen LogP contribution in [0.5, 0.6) is 0 Å². The second-order valence-electron chi connectivity index (χ2n) is 7.06. The average molecular weight is 422 g/mol. The van der Waals surface area contributed by atoms with Crippen molar-refractivity contribution in [3.63, 3.8) is 0 Å². The molecule has 2 amide bonds. The second kappa shape index (κ2) is 9.92. The standard InChI is InChI=1S/C21H25Cl2N3O2/c1-13(2)15-8-5-7-14(3)20(15)24-18(27)11-26(4)12-19(28)25-21-16(22)9-6-10-17(21)23/h5-10,13H,11-12H2,1-4H3,(H,24,27)(H,25,28). The molecule has 0 aliphatic heterocycles. The minimum absolute atomic E-state index is 0.0276. The van der Waals surface area contributed by atoms with E-state index >= 15 is 0 Å². The number of amides is 2. The number of aryl methyl sites for hydroxylation is 1. The zero-order valence-electron chi connectivity index (χ0n) is 16.5. The first-order valence-electron chi connectivity index (χ1n) is 9.00. The first-order valence-corrected chi connectivity index (χ1v) is 9.76. The summed E-state index contributed by atoms with van der Waals surface area (Å²) in [6.45, 7) is 6.24. The van der Waals surface area contributed by atoms with Crippen LogP contribution in [0, 0.1) is 6.92 Å². The highest BCUT2D eigenvalue weighted by atomic mass is 35.5. The van der Waals surface area contributed by atoms with Crippen molar-refractivity contribution in [2.24, 2.45) is 0 Å². The van der Waals surface area contributed by atoms with Crippen LogP contribution < -0.4 is 10.6 Å². The summed E-state index contributed by atoms with van der Waals surface area (Å²) in [5.74, 6) is -0.189. The SMILES string of the molecule is Cc1cccc(C(C)C)c1NC(=O)CN(C)CC(=O)Nc1c(Cl)cccc1Cl. The lowest BCUT2D eigenvalue weighted by Gasteiger charge is -2.19. The van der Waals surface area contributed by atoms with Gasteiger partial charge in [0.2, 0.25) is 11.8 Å². The van der Waals surface area contributed by atoms with Gasteiger partial charge in [-0.2, -0.15) is 0 Å². The van der Waals surface area contributed by atoms with Crippen LogP contribution in [0.3, 0.4) is 0 Å². The molecule has 0 atom stereocenters. The number of nitrogens with one attached hydrogen (secondary N) is 2. The molecular weight excluding hydrogens is 397 g/mol. The van der Waals surface area contributed by atoms with E-state index in [2.05, 4.69) is 24.5 Å². The molecule has 28 heavy (non-hydrogen) atoms. The van der Waals surface area contributed by atoms with Gasteiger partial charge in [0, 0.05) is 5.69 Å². The van der Waals surface area contributed by atoms with Crippen molar-refractivity contribution in [1.82, 2.24) is 4.90 Å². The molecule has 2 aromatic rings. The number of hydrogen-bond acceptors (Lipinski definition) is 3. The average Bonchev–Trinajstić information content (AvgIpc) is 2.59. The summed E-state index contributed by atoms with van der Waals surface area (Å²) >= 11 is 12.1. The van der Waals surface area contributed by atoms with E-state index < -0.39 is 0 Å². The van der Waals surface area contributed by atoms with Crippen molar-refractivity contribution in [1.29, 1.82) is 0 Å². The minimum Gasteiger partial charge on any atom is -0.324 e. The molecule has 0 heterocycles. The first-order chi connectivity index (χ1) is 13.2. The van der Waals surface area contributed by atoms with Gasteiger partial charge in [0.05, 0.1) is 28.8 Å². The quantitative estimate of drug-likeness (QED) is 0.665. The lowest BCUT2D eigenvalue weighted by molar-refractivity contribution is -0.119. The van der Waals surface area contributed by atoms with Crippen LogP contribution in [0.25, 0.3) is 0 Å². The van der Waals surface area contributed by atoms with Crippen molar-refractivity contribution in [2.75, 3.05) is 30.8 Å². The molecule has 0 fully saturated rings. The first kappa shape index (κ1) is 22.2. The Labute approximate surface area is 176 Å². The third-order valence-corrected chi connectivity index (χ3v) is 4.88. The number of hydrogen-bond donors (Lipinski definition) is 2. The fourth-order valence-corrected chi connectivity index (χ4v) is 3.36. The molecule has 150 valence electrons. The number of likely N-dealkylation sites (N-methyl/N-ethyl adjacent to an activating group) is 1. The molecule has 0 aliphatic rings. The van der Waals surface area contributed by atoms with Crippen molar-refractivity contribution >= 4 is 46.4 Å². The Morgan fingerprint density at radius 2 is 1.43 bits per heavy atom. The molecule has 2 N–H and O–H groups in total. The highest BCUT2D eigenvalue weighted by Gasteiger charge is 2.16. The predicted molar refractivity (Wildman–Crippen MR) is 116 cm³/mol. The van der Waals surface area contributed by atoms with Gasteiger partial charge in [-0.15, -0.1) is 0 Å². The molecule has 0 unspecified atom stereocenters. The zero-order valence-corrected chi connectivity index (χ0v) is 18.0. The van der Waals surface area contributed by atoms with Gasteiger partial charge in [0.1, 0.15) is 0 Å². The second-order valence-corrected chi connectivity index (χ2v) is 7.87. The van der Waals surface area contributed by atoms with E-state index in [4.69, 9.17) is 23.2 Å². The third kappa shape index (κ3) is 5.96. The van der Waals surface area contributed by atoms with Crippen LogP contribution in [0.15, 0.2) is 36.4 Å². The Morgan fingerprint density at radius 3 is 1.96 bits per heavy atom. The number of halogens is 2. The Morgan fingerprint density at radius 1 is 0.929 bits per heavy atom. The van der Waals surface area contributed by atoms with Gasteiger partial charge in [-0.25, -0.2) is 0 Å². The fourth-order valence-electron chi connectivity index (χ4n) is 2.86. The molecule has 0 spiro atoms. The van der Waals surface area contributed by atoms with E-state index in [-0.39, 0.29) is 24.9 Å². The van der Waals surface area contributed by atoms with Crippen LogP contribution in [-0.2, 0) is 9.59 Å². The number of benzene rings is 2. The predicted octanol–water partition coefficient (Wildman–Crippen LogP) is 4.93. The van der Waals surface area contributed by atoms with Gasteiger partial charge >= 0.3 is 0 Å². The number of nitrogens with zero attached hydrogens (tertiary/aromatic N) is 1. The number of carbonyl (C=O) groups is 2. The Balaban J connectivity index is 1.95. The molecule has 7 heteroatoms. The van der Waals surface area contributed by atoms with Gasteiger partial charge in [0.15, 0.2) is 0 Å². The Kier molecular flexibility index (Phi) is 7.87. The zero-order chi connectivity index (χ0) is 20.8. The van der Waals surface area contributed by atoms with E-state index in [0.717, 1.165) is 16.8 Å². The molecule has 0 saturated heterocycles. The van der Waals surface area contributed by atoms with E-state index in [9.17, 15) is 9.59 Å². The molecule has 0 saturated carbocycles. The van der Waals surface area contributed by atoms with Crippen molar-refractivity contribution in [2.45, 2.75) is 26.7 Å². The lowest BCUT2D eigenvalue weighted by Crippen LogP contribution is -2.36. The van der Waals surface area contributed by atoms with E-state index in [0.29, 0.717) is 21.7 Å². The molecule has 0 aliphatic carbocycles. The number of rotatable bonds is 7. The Bertz CT molecular complexity index is 848.